The number of hydrogen-bond donors (Lipinski definition) is 1. The minimum absolute atomic E-state index is 0.319. The molecule has 0 fully saturated rings. The third-order valence-electron chi connectivity index (χ3n) is 2.77. The number of nitrogens with zero attached hydrogens (tertiary/aromatic N) is 1. The topological polar surface area (TPSA) is 59.0 Å². The lowest BCUT2D eigenvalue weighted by atomic mass is 10.1. The summed E-state index contributed by atoms with van der Waals surface area (Å²) >= 11 is 6.07. The smallest absolute Gasteiger partial charge is 0.124 e. The van der Waals surface area contributed by atoms with Gasteiger partial charge in [-0.1, -0.05) is 17.7 Å². The zero-order valence-electron chi connectivity index (χ0n) is 10.5. The largest absolute Gasteiger partial charge is 0.489 e. The van der Waals surface area contributed by atoms with Crippen molar-refractivity contribution < 1.29 is 4.74 Å². The van der Waals surface area contributed by atoms with Crippen molar-refractivity contribution in [1.29, 1.82) is 5.26 Å². The molecule has 0 saturated heterocycles. The van der Waals surface area contributed by atoms with Crippen molar-refractivity contribution in [2.24, 2.45) is 0 Å². The summed E-state index contributed by atoms with van der Waals surface area (Å²) in [5, 5.41) is 9.49. The Morgan fingerprint density at radius 2 is 2.05 bits per heavy atom. The molecule has 0 saturated carbocycles. The third kappa shape index (κ3) is 3.18. The van der Waals surface area contributed by atoms with Crippen LogP contribution in [0.15, 0.2) is 36.4 Å². The summed E-state index contributed by atoms with van der Waals surface area (Å²) in [6.45, 7) is 2.25. The number of rotatable bonds is 3. The van der Waals surface area contributed by atoms with Crippen LogP contribution in [0.1, 0.15) is 16.7 Å². The van der Waals surface area contributed by atoms with Gasteiger partial charge in [-0.25, -0.2) is 0 Å². The molecule has 0 heterocycles. The van der Waals surface area contributed by atoms with E-state index in [0.717, 1.165) is 11.1 Å². The van der Waals surface area contributed by atoms with Crippen molar-refractivity contribution in [1.82, 2.24) is 0 Å². The van der Waals surface area contributed by atoms with Gasteiger partial charge >= 0.3 is 0 Å². The summed E-state index contributed by atoms with van der Waals surface area (Å²) in [5.41, 5.74) is 8.72. The van der Waals surface area contributed by atoms with Crippen molar-refractivity contribution in [3.8, 4) is 11.8 Å². The van der Waals surface area contributed by atoms with Crippen molar-refractivity contribution in [2.75, 3.05) is 5.73 Å². The van der Waals surface area contributed by atoms with Crippen LogP contribution in [0.3, 0.4) is 0 Å². The van der Waals surface area contributed by atoms with Crippen molar-refractivity contribution in [2.45, 2.75) is 13.5 Å². The molecule has 96 valence electrons. The summed E-state index contributed by atoms with van der Waals surface area (Å²) in [6, 6.07) is 12.7. The standard InChI is InChI=1S/C15H13ClN2O/c1-10-2-3-11(8-17)6-15(10)19-9-12-7-13(18)4-5-14(12)16/h2-7H,9,18H2,1H3. The molecule has 0 spiro atoms. The quantitative estimate of drug-likeness (QED) is 0.867. The average Bonchev–Trinajstić information content (AvgIpc) is 2.41. The lowest BCUT2D eigenvalue weighted by molar-refractivity contribution is 0.304. The van der Waals surface area contributed by atoms with Crippen molar-refractivity contribution in [3.05, 3.63) is 58.1 Å². The minimum Gasteiger partial charge on any atom is -0.489 e. The number of hydrogen-bond acceptors (Lipinski definition) is 3. The molecule has 0 aliphatic rings. The Morgan fingerprint density at radius 1 is 1.26 bits per heavy atom. The van der Waals surface area contributed by atoms with Gasteiger partial charge in [-0.3, -0.25) is 0 Å². The van der Waals surface area contributed by atoms with Crippen LogP contribution in [0.2, 0.25) is 5.02 Å². The summed E-state index contributed by atoms with van der Waals surface area (Å²) in [6.07, 6.45) is 0. The number of halogens is 1. The van der Waals surface area contributed by atoms with E-state index in [0.29, 0.717) is 28.6 Å². The third-order valence-corrected chi connectivity index (χ3v) is 3.14. The van der Waals surface area contributed by atoms with Gasteiger partial charge in [-0.2, -0.15) is 5.26 Å². The van der Waals surface area contributed by atoms with Gasteiger partial charge < -0.3 is 10.5 Å². The first-order valence-electron chi connectivity index (χ1n) is 5.77. The molecule has 2 rings (SSSR count). The first-order valence-corrected chi connectivity index (χ1v) is 6.15. The van der Waals surface area contributed by atoms with Gasteiger partial charge in [-0.15, -0.1) is 0 Å². The maximum Gasteiger partial charge on any atom is 0.124 e. The van der Waals surface area contributed by atoms with Gasteiger partial charge in [0.1, 0.15) is 12.4 Å². The lowest BCUT2D eigenvalue weighted by Crippen LogP contribution is -1.99. The Balaban J connectivity index is 2.19. The minimum atomic E-state index is 0.319. The summed E-state index contributed by atoms with van der Waals surface area (Å²) < 4.78 is 5.71. The highest BCUT2D eigenvalue weighted by Gasteiger charge is 2.05. The molecule has 0 atom stereocenters. The Morgan fingerprint density at radius 3 is 2.79 bits per heavy atom. The van der Waals surface area contributed by atoms with Gasteiger partial charge in [0.2, 0.25) is 0 Å². The van der Waals surface area contributed by atoms with E-state index in [9.17, 15) is 0 Å². The van der Waals surface area contributed by atoms with Crippen LogP contribution >= 0.6 is 11.6 Å². The molecule has 19 heavy (non-hydrogen) atoms. The Bertz CT molecular complexity index is 647. The van der Waals surface area contributed by atoms with E-state index >= 15 is 0 Å². The van der Waals surface area contributed by atoms with E-state index in [2.05, 4.69) is 6.07 Å². The molecule has 3 nitrogen and oxygen atoms in total. The highest BCUT2D eigenvalue weighted by Crippen LogP contribution is 2.24. The van der Waals surface area contributed by atoms with Crippen LogP contribution in [0.25, 0.3) is 0 Å². The molecule has 0 radical (unpaired) electrons. The molecular weight excluding hydrogens is 260 g/mol. The van der Waals surface area contributed by atoms with Crippen LogP contribution in [-0.2, 0) is 6.61 Å². The number of nitriles is 1. The number of aryl methyl sites for hydroxylation is 1. The van der Waals surface area contributed by atoms with E-state index in [1.165, 1.54) is 0 Å². The molecule has 2 aromatic carbocycles. The van der Waals surface area contributed by atoms with Gasteiger partial charge in [0.05, 0.1) is 11.6 Å². The molecule has 0 bridgehead atoms. The maximum absolute atomic E-state index is 8.88. The summed E-state index contributed by atoms with van der Waals surface area (Å²) in [7, 11) is 0. The molecule has 0 aliphatic heterocycles. The van der Waals surface area contributed by atoms with Gasteiger partial charge in [0.15, 0.2) is 0 Å². The average molecular weight is 273 g/mol. The first kappa shape index (κ1) is 13.3. The Hall–Kier alpha value is -2.18. The second-order valence-electron chi connectivity index (χ2n) is 4.23. The molecule has 0 amide bonds. The van der Waals surface area contributed by atoms with E-state index in [4.69, 9.17) is 27.3 Å². The van der Waals surface area contributed by atoms with E-state index in [-0.39, 0.29) is 0 Å². The Labute approximate surface area is 117 Å². The van der Waals surface area contributed by atoms with E-state index in [1.807, 2.05) is 13.0 Å². The van der Waals surface area contributed by atoms with Gasteiger partial charge in [0, 0.05) is 16.3 Å². The SMILES string of the molecule is Cc1ccc(C#N)cc1OCc1cc(N)ccc1Cl. The summed E-state index contributed by atoms with van der Waals surface area (Å²) in [5.74, 6) is 0.678. The number of anilines is 1. The number of nitrogens with two attached hydrogens (primary N) is 1. The highest BCUT2D eigenvalue weighted by molar-refractivity contribution is 6.31. The monoisotopic (exact) mass is 272 g/mol. The molecule has 2 aromatic rings. The maximum atomic E-state index is 8.88. The second-order valence-corrected chi connectivity index (χ2v) is 4.64. The molecule has 2 N–H and O–H groups in total. The van der Waals surface area contributed by atoms with Crippen LogP contribution < -0.4 is 10.5 Å². The van der Waals surface area contributed by atoms with Crippen LogP contribution in [0.5, 0.6) is 5.75 Å². The fraction of sp³-hybridized carbons (Fsp3) is 0.133. The normalized spacial score (nSPS) is 9.95. The zero-order valence-corrected chi connectivity index (χ0v) is 11.2. The zero-order chi connectivity index (χ0) is 13.8. The second kappa shape index (κ2) is 5.64. The number of ether oxygens (including phenoxy) is 1. The predicted octanol–water partition coefficient (Wildman–Crippen LogP) is 3.68. The summed E-state index contributed by atoms with van der Waals surface area (Å²) in [4.78, 5) is 0. The fourth-order valence-corrected chi connectivity index (χ4v) is 1.86. The highest BCUT2D eigenvalue weighted by atomic mass is 35.5. The molecular formula is C15H13ClN2O. The predicted molar refractivity (Wildman–Crippen MR) is 76.1 cm³/mol. The van der Waals surface area contributed by atoms with Crippen LogP contribution in [0, 0.1) is 18.3 Å². The van der Waals surface area contributed by atoms with E-state index < -0.39 is 0 Å². The Kier molecular flexibility index (Phi) is 3.94. The van der Waals surface area contributed by atoms with Crippen molar-refractivity contribution >= 4 is 17.3 Å². The molecule has 0 aromatic heterocycles. The van der Waals surface area contributed by atoms with Gasteiger partial charge in [-0.05, 0) is 42.8 Å². The molecule has 4 heteroatoms. The van der Waals surface area contributed by atoms with Crippen LogP contribution in [0.4, 0.5) is 5.69 Å². The number of nitrogen functional groups attached to an aromatic ring is 1. The molecule has 0 unspecified atom stereocenters. The van der Waals surface area contributed by atoms with Crippen LogP contribution in [-0.4, -0.2) is 0 Å². The fourth-order valence-electron chi connectivity index (χ4n) is 1.69. The molecule has 0 aliphatic carbocycles. The first-order chi connectivity index (χ1) is 9.10. The van der Waals surface area contributed by atoms with E-state index in [1.54, 1.807) is 30.3 Å². The van der Waals surface area contributed by atoms with Gasteiger partial charge in [0.25, 0.3) is 0 Å². The lowest BCUT2D eigenvalue weighted by Gasteiger charge is -2.11. The number of benzene rings is 2. The van der Waals surface area contributed by atoms with Crippen molar-refractivity contribution in [3.63, 3.8) is 0 Å².